The van der Waals surface area contributed by atoms with Crippen molar-refractivity contribution in [2.45, 2.75) is 31.7 Å². The molecule has 0 radical (unpaired) electrons. The zero-order valence-electron chi connectivity index (χ0n) is 20.2. The van der Waals surface area contributed by atoms with E-state index in [-0.39, 0.29) is 12.0 Å². The minimum absolute atomic E-state index is 0.275. The van der Waals surface area contributed by atoms with Crippen molar-refractivity contribution in [1.82, 2.24) is 4.90 Å². The van der Waals surface area contributed by atoms with E-state index in [9.17, 15) is 14.4 Å². The second-order valence-corrected chi connectivity index (χ2v) is 9.20. The first-order valence-electron chi connectivity index (χ1n) is 12.2. The molecule has 1 fully saturated rings. The molecule has 4 rings (SSSR count). The molecule has 1 unspecified atom stereocenters. The molecule has 0 saturated carbocycles. The smallest absolute Gasteiger partial charge is 0.285 e. The van der Waals surface area contributed by atoms with Gasteiger partial charge in [0.2, 0.25) is 11.7 Å². The molecular weight excluding hydrogens is 450 g/mol. The molecule has 184 valence electrons. The van der Waals surface area contributed by atoms with E-state index in [1.165, 1.54) is 18.4 Å². The maximum atomic E-state index is 12.9. The Morgan fingerprint density at radius 2 is 1.50 bits per heavy atom. The van der Waals surface area contributed by atoms with Crippen LogP contribution in [-0.4, -0.2) is 35.6 Å². The van der Waals surface area contributed by atoms with Crippen LogP contribution in [0.5, 0.6) is 0 Å². The third kappa shape index (κ3) is 6.15. The number of likely N-dealkylation sites (tertiary alicyclic amines) is 1. The van der Waals surface area contributed by atoms with E-state index in [0.29, 0.717) is 11.1 Å². The second kappa shape index (κ2) is 11.6. The second-order valence-electron chi connectivity index (χ2n) is 9.20. The van der Waals surface area contributed by atoms with E-state index in [4.69, 9.17) is 11.5 Å². The van der Waals surface area contributed by atoms with Crippen molar-refractivity contribution < 1.29 is 14.4 Å². The standard InChI is InChI=1S/C30H31N3O3/c31-29(35)26-10-6-9-24(27(28(34)30(32)36)19-22-7-2-1-3-8-22)25(26)16-15-21-11-13-23(14-12-21)20-33-17-4-5-18-33/h1-3,6-16,27H,4-5,17-20H2,(H2,31,35)(H2,32,36)/b16-15+. The van der Waals surface area contributed by atoms with Gasteiger partial charge in [0.05, 0.1) is 5.92 Å². The predicted octanol–water partition coefficient (Wildman–Crippen LogP) is 3.93. The summed E-state index contributed by atoms with van der Waals surface area (Å²) >= 11 is 0. The molecule has 0 aromatic heterocycles. The van der Waals surface area contributed by atoms with E-state index in [1.54, 1.807) is 24.3 Å². The summed E-state index contributed by atoms with van der Waals surface area (Å²) in [5.74, 6) is -3.17. The van der Waals surface area contributed by atoms with Gasteiger partial charge in [-0.2, -0.15) is 0 Å². The normalized spacial score (nSPS) is 14.7. The van der Waals surface area contributed by atoms with Crippen LogP contribution in [0.1, 0.15) is 56.9 Å². The van der Waals surface area contributed by atoms with Gasteiger partial charge < -0.3 is 11.5 Å². The topological polar surface area (TPSA) is 106 Å². The summed E-state index contributed by atoms with van der Waals surface area (Å²) in [6.45, 7) is 3.22. The summed E-state index contributed by atoms with van der Waals surface area (Å²) in [5.41, 5.74) is 15.5. The van der Waals surface area contributed by atoms with Crippen LogP contribution in [-0.2, 0) is 22.6 Å². The van der Waals surface area contributed by atoms with Gasteiger partial charge in [0, 0.05) is 12.1 Å². The van der Waals surface area contributed by atoms with Crippen molar-refractivity contribution in [2.75, 3.05) is 13.1 Å². The molecule has 4 N–H and O–H groups in total. The van der Waals surface area contributed by atoms with Crippen LogP contribution in [0.3, 0.4) is 0 Å². The third-order valence-corrected chi connectivity index (χ3v) is 6.65. The van der Waals surface area contributed by atoms with Gasteiger partial charge in [-0.3, -0.25) is 19.3 Å². The lowest BCUT2D eigenvalue weighted by Crippen LogP contribution is -2.30. The Labute approximate surface area is 211 Å². The summed E-state index contributed by atoms with van der Waals surface area (Å²) in [4.78, 5) is 39.6. The van der Waals surface area contributed by atoms with Crippen molar-refractivity contribution in [3.05, 3.63) is 106 Å². The lowest BCUT2D eigenvalue weighted by molar-refractivity contribution is -0.136. The molecule has 3 aromatic rings. The van der Waals surface area contributed by atoms with Crippen LogP contribution in [0.15, 0.2) is 72.8 Å². The highest BCUT2D eigenvalue weighted by Gasteiger charge is 2.28. The number of hydrogen-bond acceptors (Lipinski definition) is 4. The van der Waals surface area contributed by atoms with Gasteiger partial charge >= 0.3 is 0 Å². The molecule has 2 amide bonds. The van der Waals surface area contributed by atoms with Gasteiger partial charge in [-0.25, -0.2) is 0 Å². The van der Waals surface area contributed by atoms with Crippen LogP contribution in [0.2, 0.25) is 0 Å². The summed E-state index contributed by atoms with van der Waals surface area (Å²) < 4.78 is 0. The number of Topliss-reactive ketones (excluding diaryl/α,β-unsaturated/α-hetero) is 1. The highest BCUT2D eigenvalue weighted by atomic mass is 16.2. The summed E-state index contributed by atoms with van der Waals surface area (Å²) in [6, 6.07) is 22.7. The van der Waals surface area contributed by atoms with E-state index in [2.05, 4.69) is 17.0 Å². The number of rotatable bonds is 10. The maximum absolute atomic E-state index is 12.9. The Hall–Kier alpha value is -4.03. The zero-order valence-corrected chi connectivity index (χ0v) is 20.2. The maximum Gasteiger partial charge on any atom is 0.285 e. The van der Waals surface area contributed by atoms with Gasteiger partial charge in [-0.05, 0) is 66.2 Å². The molecule has 0 aliphatic carbocycles. The molecule has 0 bridgehead atoms. The number of primary amides is 2. The monoisotopic (exact) mass is 481 g/mol. The highest BCUT2D eigenvalue weighted by Crippen LogP contribution is 2.29. The Balaban J connectivity index is 1.67. The molecule has 1 aliphatic heterocycles. The number of benzene rings is 3. The minimum atomic E-state index is -1.01. The SMILES string of the molecule is NC(=O)C(=O)C(Cc1ccccc1)c1cccc(C(N)=O)c1/C=C/c1ccc(CN2CCCC2)cc1. The van der Waals surface area contributed by atoms with Gasteiger partial charge in [-0.1, -0.05) is 78.9 Å². The minimum Gasteiger partial charge on any atom is -0.366 e. The largest absolute Gasteiger partial charge is 0.366 e. The molecule has 1 aliphatic rings. The molecule has 6 nitrogen and oxygen atoms in total. The van der Waals surface area contributed by atoms with Gasteiger partial charge in [0.25, 0.3) is 5.91 Å². The zero-order chi connectivity index (χ0) is 25.5. The number of nitrogens with zero attached hydrogens (tertiary/aromatic N) is 1. The Morgan fingerprint density at radius 3 is 2.14 bits per heavy atom. The average Bonchev–Trinajstić information content (AvgIpc) is 3.40. The number of nitrogens with two attached hydrogens (primary N) is 2. The van der Waals surface area contributed by atoms with E-state index in [0.717, 1.165) is 30.8 Å². The van der Waals surface area contributed by atoms with Crippen molar-refractivity contribution >= 4 is 29.7 Å². The molecule has 1 heterocycles. The number of carbonyl (C=O) groups excluding carboxylic acids is 3. The van der Waals surface area contributed by atoms with Crippen molar-refractivity contribution in [3.8, 4) is 0 Å². The fourth-order valence-electron chi connectivity index (χ4n) is 4.77. The molecule has 1 atom stereocenters. The van der Waals surface area contributed by atoms with Gasteiger partial charge in [0.15, 0.2) is 0 Å². The third-order valence-electron chi connectivity index (χ3n) is 6.65. The first-order chi connectivity index (χ1) is 17.4. The van der Waals surface area contributed by atoms with E-state index >= 15 is 0 Å². The summed E-state index contributed by atoms with van der Waals surface area (Å²) in [5, 5.41) is 0. The van der Waals surface area contributed by atoms with Crippen LogP contribution >= 0.6 is 0 Å². The van der Waals surface area contributed by atoms with Gasteiger partial charge in [-0.15, -0.1) is 0 Å². The molecule has 0 spiro atoms. The lowest BCUT2D eigenvalue weighted by atomic mass is 9.83. The predicted molar refractivity (Wildman–Crippen MR) is 142 cm³/mol. The van der Waals surface area contributed by atoms with E-state index in [1.807, 2.05) is 48.5 Å². The number of carbonyl (C=O) groups is 3. The van der Waals surface area contributed by atoms with Crippen molar-refractivity contribution in [2.24, 2.45) is 11.5 Å². The molecular formula is C30H31N3O3. The number of ketones is 1. The van der Waals surface area contributed by atoms with Crippen LogP contribution in [0.4, 0.5) is 0 Å². The first kappa shape index (κ1) is 25.1. The number of amides is 2. The van der Waals surface area contributed by atoms with Crippen molar-refractivity contribution in [3.63, 3.8) is 0 Å². The van der Waals surface area contributed by atoms with E-state index < -0.39 is 23.5 Å². The molecule has 1 saturated heterocycles. The summed E-state index contributed by atoms with van der Waals surface area (Å²) in [6.07, 6.45) is 6.46. The van der Waals surface area contributed by atoms with Crippen molar-refractivity contribution in [1.29, 1.82) is 0 Å². The lowest BCUT2D eigenvalue weighted by Gasteiger charge is -2.19. The molecule has 3 aromatic carbocycles. The molecule has 6 heteroatoms. The fraction of sp³-hybridized carbons (Fsp3) is 0.233. The Morgan fingerprint density at radius 1 is 0.806 bits per heavy atom. The summed E-state index contributed by atoms with van der Waals surface area (Å²) in [7, 11) is 0. The van der Waals surface area contributed by atoms with Crippen LogP contribution in [0.25, 0.3) is 12.2 Å². The quantitative estimate of drug-likeness (QED) is 0.338. The van der Waals surface area contributed by atoms with Crippen LogP contribution in [0, 0.1) is 0 Å². The molecule has 36 heavy (non-hydrogen) atoms. The van der Waals surface area contributed by atoms with Crippen LogP contribution < -0.4 is 11.5 Å². The van der Waals surface area contributed by atoms with Gasteiger partial charge in [0.1, 0.15) is 0 Å². The first-order valence-corrected chi connectivity index (χ1v) is 12.2. The number of hydrogen-bond donors (Lipinski definition) is 2. The Kier molecular flexibility index (Phi) is 8.08. The Bertz CT molecular complexity index is 1260. The average molecular weight is 482 g/mol. The highest BCUT2D eigenvalue weighted by molar-refractivity contribution is 6.37. The fourth-order valence-corrected chi connectivity index (χ4v) is 4.77.